The minimum atomic E-state index is -0.145. The second kappa shape index (κ2) is 6.53. The number of benzene rings is 2. The molecule has 0 bridgehead atoms. The summed E-state index contributed by atoms with van der Waals surface area (Å²) in [5.41, 5.74) is 8.57. The zero-order valence-corrected chi connectivity index (χ0v) is 14.5. The van der Waals surface area contributed by atoms with E-state index >= 15 is 0 Å². The summed E-state index contributed by atoms with van der Waals surface area (Å²) in [4.78, 5) is 14.0. The van der Waals surface area contributed by atoms with Gasteiger partial charge in [-0.1, -0.05) is 18.2 Å². The van der Waals surface area contributed by atoms with Gasteiger partial charge in [0.1, 0.15) is 5.75 Å². The van der Waals surface area contributed by atoms with Crippen LogP contribution in [0.15, 0.2) is 54.6 Å². The van der Waals surface area contributed by atoms with Gasteiger partial charge in [0, 0.05) is 16.8 Å². The molecule has 2 aromatic heterocycles. The van der Waals surface area contributed by atoms with E-state index in [-0.39, 0.29) is 11.7 Å². The third kappa shape index (κ3) is 3.12. The first-order valence-corrected chi connectivity index (χ1v) is 8.82. The number of carbonyl (C=O) groups excluding carboxylic acids is 1. The minimum Gasteiger partial charge on any atom is -0.508 e. The third-order valence-electron chi connectivity index (χ3n) is 4.07. The second-order valence-electron chi connectivity index (χ2n) is 5.89. The summed E-state index contributed by atoms with van der Waals surface area (Å²) in [5, 5.41) is 20.1. The average Bonchev–Trinajstić information content (AvgIpc) is 3.27. The van der Waals surface area contributed by atoms with Gasteiger partial charge in [-0.2, -0.15) is 5.10 Å². The highest BCUT2D eigenvalue weighted by Gasteiger charge is 2.11. The van der Waals surface area contributed by atoms with E-state index in [1.165, 1.54) is 11.3 Å². The van der Waals surface area contributed by atoms with E-state index in [1.807, 2.05) is 30.3 Å². The molecule has 0 saturated heterocycles. The van der Waals surface area contributed by atoms with Crippen LogP contribution in [0.25, 0.3) is 21.3 Å². The van der Waals surface area contributed by atoms with Crippen LogP contribution in [-0.2, 0) is 6.54 Å². The van der Waals surface area contributed by atoms with Crippen LogP contribution in [0.3, 0.4) is 0 Å². The molecule has 130 valence electrons. The van der Waals surface area contributed by atoms with Crippen LogP contribution in [0.5, 0.6) is 5.75 Å². The lowest BCUT2D eigenvalue weighted by Gasteiger charge is -2.04. The molecular formula is C19H16N4O2S. The molecular weight excluding hydrogens is 348 g/mol. The Balaban J connectivity index is 1.51. The quantitative estimate of drug-likeness (QED) is 0.445. The van der Waals surface area contributed by atoms with Gasteiger partial charge >= 0.3 is 0 Å². The van der Waals surface area contributed by atoms with Crippen LogP contribution in [0.1, 0.15) is 15.2 Å². The maximum atomic E-state index is 12.4. The molecule has 0 saturated carbocycles. The molecule has 7 heteroatoms. The summed E-state index contributed by atoms with van der Waals surface area (Å²) in [5.74, 6) is 0.500. The Bertz CT molecular complexity index is 1100. The number of nitrogens with zero attached hydrogens (tertiary/aromatic N) is 1. The van der Waals surface area contributed by atoms with Gasteiger partial charge in [-0.3, -0.25) is 9.89 Å². The number of aromatic hydroxyl groups is 1. The molecule has 0 unspecified atom stereocenters. The second-order valence-corrected chi connectivity index (χ2v) is 6.97. The molecule has 0 radical (unpaired) electrons. The van der Waals surface area contributed by atoms with E-state index in [0.29, 0.717) is 17.2 Å². The standard InChI is InChI=1S/C19H16N4O2S/c20-18-14-9-12(4-5-15(14)22-23-18)16-6-7-17(26-16)19(25)21-10-11-2-1-3-13(24)8-11/h1-9,24H,10H2,(H,21,25)(H3,20,22,23). The van der Waals surface area contributed by atoms with Crippen molar-refractivity contribution in [2.24, 2.45) is 0 Å². The van der Waals surface area contributed by atoms with E-state index in [1.54, 1.807) is 24.3 Å². The Kier molecular flexibility index (Phi) is 4.06. The predicted octanol–water partition coefficient (Wildman–Crippen LogP) is 3.51. The van der Waals surface area contributed by atoms with E-state index in [9.17, 15) is 9.90 Å². The van der Waals surface area contributed by atoms with Crippen molar-refractivity contribution in [2.75, 3.05) is 5.73 Å². The monoisotopic (exact) mass is 364 g/mol. The number of hydrogen-bond donors (Lipinski definition) is 4. The van der Waals surface area contributed by atoms with Crippen molar-refractivity contribution in [3.63, 3.8) is 0 Å². The summed E-state index contributed by atoms with van der Waals surface area (Å²) in [6, 6.07) is 16.4. The molecule has 0 aliphatic heterocycles. The van der Waals surface area contributed by atoms with Crippen molar-refractivity contribution >= 4 is 34.0 Å². The molecule has 0 aliphatic rings. The number of H-pyrrole nitrogens is 1. The van der Waals surface area contributed by atoms with Gasteiger partial charge < -0.3 is 16.2 Å². The third-order valence-corrected chi connectivity index (χ3v) is 5.20. The van der Waals surface area contributed by atoms with Crippen molar-refractivity contribution in [2.45, 2.75) is 6.54 Å². The van der Waals surface area contributed by atoms with Crippen molar-refractivity contribution in [3.05, 3.63) is 65.0 Å². The first-order chi connectivity index (χ1) is 12.6. The van der Waals surface area contributed by atoms with E-state index in [0.717, 1.165) is 26.9 Å². The van der Waals surface area contributed by atoms with E-state index in [2.05, 4.69) is 15.5 Å². The van der Waals surface area contributed by atoms with Gasteiger partial charge in [0.2, 0.25) is 0 Å². The lowest BCUT2D eigenvalue weighted by molar-refractivity contribution is 0.0955. The fourth-order valence-electron chi connectivity index (χ4n) is 2.74. The Morgan fingerprint density at radius 2 is 2.08 bits per heavy atom. The number of phenolic OH excluding ortho intramolecular Hbond substituents is 1. The Labute approximate surface area is 153 Å². The number of phenols is 1. The lowest BCUT2D eigenvalue weighted by Crippen LogP contribution is -2.21. The normalized spacial score (nSPS) is 10.9. The number of nitrogen functional groups attached to an aromatic ring is 1. The van der Waals surface area contributed by atoms with Gasteiger partial charge in [-0.15, -0.1) is 11.3 Å². The Hall–Kier alpha value is -3.32. The summed E-state index contributed by atoms with van der Waals surface area (Å²) in [7, 11) is 0. The molecule has 2 aromatic carbocycles. The summed E-state index contributed by atoms with van der Waals surface area (Å²) in [6.07, 6.45) is 0. The molecule has 26 heavy (non-hydrogen) atoms. The summed E-state index contributed by atoms with van der Waals surface area (Å²) in [6.45, 7) is 0.359. The fourth-order valence-corrected chi connectivity index (χ4v) is 3.66. The first-order valence-electron chi connectivity index (χ1n) is 8.00. The zero-order chi connectivity index (χ0) is 18.1. The molecule has 2 heterocycles. The van der Waals surface area contributed by atoms with Crippen LogP contribution in [0.4, 0.5) is 5.82 Å². The smallest absolute Gasteiger partial charge is 0.261 e. The van der Waals surface area contributed by atoms with Crippen LogP contribution in [0.2, 0.25) is 0 Å². The van der Waals surface area contributed by atoms with Crippen LogP contribution < -0.4 is 11.1 Å². The number of amides is 1. The lowest BCUT2D eigenvalue weighted by atomic mass is 10.1. The van der Waals surface area contributed by atoms with E-state index in [4.69, 9.17) is 5.73 Å². The first kappa shape index (κ1) is 16.2. The summed E-state index contributed by atoms with van der Waals surface area (Å²) < 4.78 is 0. The molecule has 0 fully saturated rings. The van der Waals surface area contributed by atoms with Crippen molar-refractivity contribution in [3.8, 4) is 16.2 Å². The average molecular weight is 364 g/mol. The van der Waals surface area contributed by atoms with Crippen molar-refractivity contribution < 1.29 is 9.90 Å². The fraction of sp³-hybridized carbons (Fsp3) is 0.0526. The molecule has 0 aliphatic carbocycles. The van der Waals surface area contributed by atoms with Crippen LogP contribution >= 0.6 is 11.3 Å². The van der Waals surface area contributed by atoms with Gasteiger partial charge in [0.15, 0.2) is 5.82 Å². The molecule has 1 amide bonds. The van der Waals surface area contributed by atoms with Crippen molar-refractivity contribution in [1.82, 2.24) is 15.5 Å². The zero-order valence-electron chi connectivity index (χ0n) is 13.7. The van der Waals surface area contributed by atoms with E-state index < -0.39 is 0 Å². The number of thiophene rings is 1. The van der Waals surface area contributed by atoms with Crippen LogP contribution in [-0.4, -0.2) is 21.2 Å². The highest BCUT2D eigenvalue weighted by atomic mass is 32.1. The number of nitrogens with one attached hydrogen (secondary N) is 2. The molecule has 0 atom stereocenters. The van der Waals surface area contributed by atoms with Crippen LogP contribution in [0, 0.1) is 0 Å². The maximum absolute atomic E-state index is 12.4. The highest BCUT2D eigenvalue weighted by Crippen LogP contribution is 2.31. The Morgan fingerprint density at radius 1 is 1.19 bits per heavy atom. The minimum absolute atomic E-state index is 0.145. The molecule has 0 spiro atoms. The Morgan fingerprint density at radius 3 is 2.92 bits per heavy atom. The number of nitrogens with two attached hydrogens (primary N) is 1. The van der Waals surface area contributed by atoms with Gasteiger partial charge in [0.05, 0.1) is 10.4 Å². The number of aromatic amines is 1. The number of rotatable bonds is 4. The number of aromatic nitrogens is 2. The van der Waals surface area contributed by atoms with Gasteiger partial charge in [-0.05, 0) is 47.5 Å². The number of carbonyl (C=O) groups is 1. The number of anilines is 1. The number of hydrogen-bond acceptors (Lipinski definition) is 5. The molecule has 4 aromatic rings. The topological polar surface area (TPSA) is 104 Å². The predicted molar refractivity (Wildman–Crippen MR) is 103 cm³/mol. The summed E-state index contributed by atoms with van der Waals surface area (Å²) >= 11 is 1.42. The van der Waals surface area contributed by atoms with Gasteiger partial charge in [-0.25, -0.2) is 0 Å². The molecule has 5 N–H and O–H groups in total. The maximum Gasteiger partial charge on any atom is 0.261 e. The molecule has 6 nitrogen and oxygen atoms in total. The van der Waals surface area contributed by atoms with Gasteiger partial charge in [0.25, 0.3) is 5.91 Å². The largest absolute Gasteiger partial charge is 0.508 e. The van der Waals surface area contributed by atoms with Crippen molar-refractivity contribution in [1.29, 1.82) is 0 Å². The number of fused-ring (bicyclic) bond motifs is 1. The molecule has 4 rings (SSSR count). The SMILES string of the molecule is Nc1n[nH]c2ccc(-c3ccc(C(=O)NCc4cccc(O)c4)s3)cc12. The highest BCUT2D eigenvalue weighted by molar-refractivity contribution is 7.17.